The lowest BCUT2D eigenvalue weighted by Gasteiger charge is -2.23. The molecule has 26 heavy (non-hydrogen) atoms. The number of carbonyl (C=O) groups is 2. The molecule has 2 aromatic carbocycles. The van der Waals surface area contributed by atoms with E-state index in [-0.39, 0.29) is 5.91 Å². The van der Waals surface area contributed by atoms with E-state index in [1.165, 1.54) is 4.90 Å². The van der Waals surface area contributed by atoms with Crippen LogP contribution in [0, 0.1) is 0 Å². The number of carbonyl (C=O) groups excluding carboxylic acids is 2. The molecule has 1 N–H and O–H groups in total. The van der Waals surface area contributed by atoms with Crippen LogP contribution >= 0.6 is 0 Å². The van der Waals surface area contributed by atoms with E-state index < -0.39 is 12.1 Å². The zero-order valence-corrected chi connectivity index (χ0v) is 14.7. The van der Waals surface area contributed by atoms with Gasteiger partial charge in [0.2, 0.25) is 5.91 Å². The van der Waals surface area contributed by atoms with Crippen molar-refractivity contribution in [2.75, 3.05) is 18.5 Å². The number of likely N-dealkylation sites (tertiary alicyclic amines) is 1. The maximum atomic E-state index is 12.6. The zero-order valence-electron chi connectivity index (χ0n) is 14.7. The second-order valence-corrected chi connectivity index (χ2v) is 5.98. The summed E-state index contributed by atoms with van der Waals surface area (Å²) in [5.41, 5.74) is 0.668. The molecule has 1 aliphatic rings. The Morgan fingerprint density at radius 3 is 2.50 bits per heavy atom. The second kappa shape index (κ2) is 8.38. The number of hydrogen-bond donors (Lipinski definition) is 1. The summed E-state index contributed by atoms with van der Waals surface area (Å²) in [5, 5.41) is 2.86. The smallest absolute Gasteiger partial charge is 0.415 e. The summed E-state index contributed by atoms with van der Waals surface area (Å²) in [4.78, 5) is 26.5. The van der Waals surface area contributed by atoms with Crippen LogP contribution in [-0.2, 0) is 4.79 Å². The fourth-order valence-corrected chi connectivity index (χ4v) is 2.93. The van der Waals surface area contributed by atoms with Crippen LogP contribution in [0.2, 0.25) is 0 Å². The number of nitrogens with one attached hydrogen (secondary N) is 1. The van der Waals surface area contributed by atoms with E-state index in [0.717, 1.165) is 12.2 Å². The maximum Gasteiger partial charge on any atom is 0.415 e. The minimum Gasteiger partial charge on any atom is -0.494 e. The van der Waals surface area contributed by atoms with E-state index in [9.17, 15) is 9.59 Å². The number of benzene rings is 2. The molecule has 0 saturated carbocycles. The van der Waals surface area contributed by atoms with Gasteiger partial charge in [0.25, 0.3) is 0 Å². The van der Waals surface area contributed by atoms with Crippen LogP contribution in [0.4, 0.5) is 10.5 Å². The van der Waals surface area contributed by atoms with Crippen molar-refractivity contribution in [3.63, 3.8) is 0 Å². The van der Waals surface area contributed by atoms with Crippen LogP contribution in [0.5, 0.6) is 11.5 Å². The van der Waals surface area contributed by atoms with Gasteiger partial charge in [-0.25, -0.2) is 4.79 Å². The highest BCUT2D eigenvalue weighted by atomic mass is 16.6. The molecule has 0 radical (unpaired) electrons. The first-order valence-electron chi connectivity index (χ1n) is 8.74. The predicted molar refractivity (Wildman–Crippen MR) is 98.4 cm³/mol. The first-order chi connectivity index (χ1) is 12.7. The molecule has 1 heterocycles. The summed E-state index contributed by atoms with van der Waals surface area (Å²) in [7, 11) is 0. The summed E-state index contributed by atoms with van der Waals surface area (Å²) in [5.74, 6) is 1.01. The van der Waals surface area contributed by atoms with E-state index in [1.54, 1.807) is 48.5 Å². The minimum atomic E-state index is -0.530. The summed E-state index contributed by atoms with van der Waals surface area (Å²) >= 11 is 0. The Morgan fingerprint density at radius 2 is 1.81 bits per heavy atom. The number of para-hydroxylation sites is 1. The highest BCUT2D eigenvalue weighted by Crippen LogP contribution is 2.22. The molecule has 1 saturated heterocycles. The Hall–Kier alpha value is -3.02. The average Bonchev–Trinajstić information content (AvgIpc) is 3.14. The van der Waals surface area contributed by atoms with Gasteiger partial charge in [0.05, 0.1) is 6.61 Å². The molecule has 0 bridgehead atoms. The first kappa shape index (κ1) is 17.8. The van der Waals surface area contributed by atoms with Crippen molar-refractivity contribution in [2.45, 2.75) is 25.8 Å². The molecule has 1 atom stereocenters. The predicted octanol–water partition coefficient (Wildman–Crippen LogP) is 3.69. The van der Waals surface area contributed by atoms with Crippen LogP contribution < -0.4 is 14.8 Å². The van der Waals surface area contributed by atoms with Gasteiger partial charge in [-0.05, 0) is 56.2 Å². The van der Waals surface area contributed by atoms with Gasteiger partial charge in [0, 0.05) is 12.2 Å². The minimum absolute atomic E-state index is 0.211. The van der Waals surface area contributed by atoms with Crippen molar-refractivity contribution in [1.29, 1.82) is 0 Å². The van der Waals surface area contributed by atoms with Gasteiger partial charge >= 0.3 is 6.09 Å². The van der Waals surface area contributed by atoms with E-state index in [1.807, 2.05) is 13.0 Å². The quantitative estimate of drug-likeness (QED) is 0.889. The molecule has 0 aromatic heterocycles. The van der Waals surface area contributed by atoms with Crippen molar-refractivity contribution in [3.05, 3.63) is 54.6 Å². The standard InChI is InChI=1S/C20H22N2O4/c1-2-25-16-12-10-15(11-13-16)21-19(23)18-9-6-14-22(18)20(24)26-17-7-4-3-5-8-17/h3-5,7-8,10-13,18H,2,6,9,14H2,1H3,(H,21,23)/t18-/m1/s1. The third-order valence-electron chi connectivity index (χ3n) is 4.17. The Bertz CT molecular complexity index is 746. The Morgan fingerprint density at radius 1 is 1.08 bits per heavy atom. The molecule has 6 heteroatoms. The van der Waals surface area contributed by atoms with E-state index >= 15 is 0 Å². The van der Waals surface area contributed by atoms with Crippen molar-refractivity contribution in [2.24, 2.45) is 0 Å². The van der Waals surface area contributed by atoms with Crippen molar-refractivity contribution in [3.8, 4) is 11.5 Å². The Kier molecular flexibility index (Phi) is 5.73. The fourth-order valence-electron chi connectivity index (χ4n) is 2.93. The normalized spacial score (nSPS) is 16.2. The third-order valence-corrected chi connectivity index (χ3v) is 4.17. The van der Waals surface area contributed by atoms with Crippen LogP contribution in [0.15, 0.2) is 54.6 Å². The lowest BCUT2D eigenvalue weighted by Crippen LogP contribution is -2.44. The van der Waals surface area contributed by atoms with Gasteiger partial charge in [-0.15, -0.1) is 0 Å². The third kappa shape index (κ3) is 4.33. The Balaban J connectivity index is 1.61. The summed E-state index contributed by atoms with van der Waals surface area (Å²) < 4.78 is 10.8. The summed E-state index contributed by atoms with van der Waals surface area (Å²) in [6.45, 7) is 3.01. The van der Waals surface area contributed by atoms with Gasteiger partial charge in [0.15, 0.2) is 0 Å². The topological polar surface area (TPSA) is 67.9 Å². The summed E-state index contributed by atoms with van der Waals surface area (Å²) in [6.07, 6.45) is 0.887. The fraction of sp³-hybridized carbons (Fsp3) is 0.300. The van der Waals surface area contributed by atoms with Gasteiger partial charge in [0.1, 0.15) is 17.5 Å². The van der Waals surface area contributed by atoms with Gasteiger partial charge in [-0.2, -0.15) is 0 Å². The summed E-state index contributed by atoms with van der Waals surface area (Å²) in [6, 6.07) is 15.5. The zero-order chi connectivity index (χ0) is 18.4. The highest BCUT2D eigenvalue weighted by Gasteiger charge is 2.35. The van der Waals surface area contributed by atoms with Crippen LogP contribution in [0.3, 0.4) is 0 Å². The molecule has 1 fully saturated rings. The van der Waals surface area contributed by atoms with Gasteiger partial charge in [-0.1, -0.05) is 18.2 Å². The molecule has 0 spiro atoms. The average molecular weight is 354 g/mol. The maximum absolute atomic E-state index is 12.6. The second-order valence-electron chi connectivity index (χ2n) is 5.98. The van der Waals surface area contributed by atoms with Crippen LogP contribution in [-0.4, -0.2) is 36.1 Å². The van der Waals surface area contributed by atoms with Gasteiger partial charge in [-0.3, -0.25) is 9.69 Å². The largest absolute Gasteiger partial charge is 0.494 e. The van der Waals surface area contributed by atoms with E-state index in [0.29, 0.717) is 31.0 Å². The molecule has 2 amide bonds. The van der Waals surface area contributed by atoms with Gasteiger partial charge < -0.3 is 14.8 Å². The highest BCUT2D eigenvalue weighted by molar-refractivity contribution is 5.97. The van der Waals surface area contributed by atoms with Crippen molar-refractivity contribution < 1.29 is 19.1 Å². The van der Waals surface area contributed by atoms with Crippen LogP contribution in [0.25, 0.3) is 0 Å². The number of rotatable bonds is 5. The lowest BCUT2D eigenvalue weighted by atomic mass is 10.2. The molecular weight excluding hydrogens is 332 g/mol. The van der Waals surface area contributed by atoms with E-state index in [4.69, 9.17) is 9.47 Å². The number of nitrogens with zero attached hydrogens (tertiary/aromatic N) is 1. The van der Waals surface area contributed by atoms with Crippen LogP contribution in [0.1, 0.15) is 19.8 Å². The number of amides is 2. The molecule has 6 nitrogen and oxygen atoms in total. The Labute approximate surface area is 152 Å². The number of hydrogen-bond acceptors (Lipinski definition) is 4. The lowest BCUT2D eigenvalue weighted by molar-refractivity contribution is -0.119. The van der Waals surface area contributed by atoms with E-state index in [2.05, 4.69) is 5.32 Å². The molecule has 1 aliphatic heterocycles. The van der Waals surface area contributed by atoms with Crippen molar-refractivity contribution in [1.82, 2.24) is 4.90 Å². The molecular formula is C20H22N2O4. The van der Waals surface area contributed by atoms with Crippen molar-refractivity contribution >= 4 is 17.7 Å². The molecule has 136 valence electrons. The molecule has 0 aliphatic carbocycles. The molecule has 2 aromatic rings. The first-order valence-corrected chi connectivity index (χ1v) is 8.74. The molecule has 0 unspecified atom stereocenters. The molecule has 3 rings (SSSR count). The monoisotopic (exact) mass is 354 g/mol. The number of ether oxygens (including phenoxy) is 2. The SMILES string of the molecule is CCOc1ccc(NC(=O)[C@H]2CCCN2C(=O)Oc2ccccc2)cc1. The number of anilines is 1.